The second-order valence-electron chi connectivity index (χ2n) is 4.61. The molecule has 0 aliphatic carbocycles. The predicted octanol–water partition coefficient (Wildman–Crippen LogP) is 2.80. The lowest BCUT2D eigenvalue weighted by Crippen LogP contribution is -2.23. The van der Waals surface area contributed by atoms with Gasteiger partial charge in [0.1, 0.15) is 4.88 Å². The number of anilines is 1. The minimum atomic E-state index is -0.189. The van der Waals surface area contributed by atoms with E-state index in [0.717, 1.165) is 15.8 Å². The van der Waals surface area contributed by atoms with Gasteiger partial charge in [0.15, 0.2) is 0 Å². The van der Waals surface area contributed by atoms with Gasteiger partial charge in [-0.05, 0) is 24.3 Å². The van der Waals surface area contributed by atoms with Gasteiger partial charge in [0.25, 0.3) is 5.91 Å². The summed E-state index contributed by atoms with van der Waals surface area (Å²) < 4.78 is 2.62. The van der Waals surface area contributed by atoms with E-state index in [-0.39, 0.29) is 5.91 Å². The lowest BCUT2D eigenvalue weighted by molar-refractivity contribution is 0.0955. The second kappa shape index (κ2) is 5.38. The highest BCUT2D eigenvalue weighted by Gasteiger charge is 2.16. The number of nitrogens with two attached hydrogens (primary N) is 1. The van der Waals surface area contributed by atoms with Crippen LogP contribution in [0.3, 0.4) is 0 Å². The van der Waals surface area contributed by atoms with Crippen LogP contribution < -0.4 is 11.1 Å². The zero-order chi connectivity index (χ0) is 15.0. The standard InChI is InChI=1S/C14H13ClN4OS/c1-19-9(4-5-18-19)7-17-14(20)13-12(16)10-3-2-8(15)6-11(10)21-13/h2-6H,7,16H2,1H3,(H,17,20). The summed E-state index contributed by atoms with van der Waals surface area (Å²) in [5.41, 5.74) is 7.47. The summed E-state index contributed by atoms with van der Waals surface area (Å²) in [6, 6.07) is 7.27. The average Bonchev–Trinajstić information content (AvgIpc) is 3.00. The number of amides is 1. The van der Waals surface area contributed by atoms with Gasteiger partial charge in [0.2, 0.25) is 0 Å². The Morgan fingerprint density at radius 3 is 3.00 bits per heavy atom. The Kier molecular flexibility index (Phi) is 3.57. The Morgan fingerprint density at radius 2 is 2.29 bits per heavy atom. The molecular weight excluding hydrogens is 308 g/mol. The molecule has 1 amide bonds. The van der Waals surface area contributed by atoms with Crippen molar-refractivity contribution in [2.24, 2.45) is 7.05 Å². The van der Waals surface area contributed by atoms with Crippen LogP contribution in [-0.4, -0.2) is 15.7 Å². The molecule has 3 aromatic rings. The predicted molar refractivity (Wildman–Crippen MR) is 85.6 cm³/mol. The first-order chi connectivity index (χ1) is 10.1. The van der Waals surface area contributed by atoms with Crippen molar-refractivity contribution in [2.45, 2.75) is 6.54 Å². The molecule has 5 nitrogen and oxygen atoms in total. The quantitative estimate of drug-likeness (QED) is 0.779. The minimum absolute atomic E-state index is 0.189. The second-order valence-corrected chi connectivity index (χ2v) is 6.10. The summed E-state index contributed by atoms with van der Waals surface area (Å²) in [7, 11) is 1.83. The van der Waals surface area contributed by atoms with Gasteiger partial charge >= 0.3 is 0 Å². The van der Waals surface area contributed by atoms with Gasteiger partial charge in [-0.25, -0.2) is 0 Å². The number of benzene rings is 1. The maximum atomic E-state index is 12.3. The van der Waals surface area contributed by atoms with Crippen molar-refractivity contribution >= 4 is 44.6 Å². The van der Waals surface area contributed by atoms with Crippen molar-refractivity contribution in [3.8, 4) is 0 Å². The number of nitrogen functional groups attached to an aromatic ring is 1. The maximum Gasteiger partial charge on any atom is 0.263 e. The number of hydrogen-bond donors (Lipinski definition) is 2. The van der Waals surface area contributed by atoms with Crippen LogP contribution in [0.4, 0.5) is 5.69 Å². The van der Waals surface area contributed by atoms with Crippen LogP contribution in [-0.2, 0) is 13.6 Å². The van der Waals surface area contributed by atoms with E-state index in [1.54, 1.807) is 16.9 Å². The Balaban J connectivity index is 1.84. The minimum Gasteiger partial charge on any atom is -0.397 e. The van der Waals surface area contributed by atoms with Crippen molar-refractivity contribution in [3.63, 3.8) is 0 Å². The molecule has 0 aliphatic rings. The molecule has 0 unspecified atom stereocenters. The molecule has 3 rings (SSSR count). The van der Waals surface area contributed by atoms with Crippen LogP contribution in [0.15, 0.2) is 30.5 Å². The molecule has 2 heterocycles. The summed E-state index contributed by atoms with van der Waals surface area (Å²) in [6.07, 6.45) is 1.69. The van der Waals surface area contributed by atoms with E-state index in [4.69, 9.17) is 17.3 Å². The molecule has 0 saturated heterocycles. The molecule has 0 spiro atoms. The maximum absolute atomic E-state index is 12.3. The van der Waals surface area contributed by atoms with E-state index in [9.17, 15) is 4.79 Å². The highest BCUT2D eigenvalue weighted by atomic mass is 35.5. The Labute approximate surface area is 130 Å². The fraction of sp³-hybridized carbons (Fsp3) is 0.143. The van der Waals surface area contributed by atoms with Gasteiger partial charge in [-0.2, -0.15) is 5.10 Å². The number of aryl methyl sites for hydroxylation is 1. The van der Waals surface area contributed by atoms with Crippen molar-refractivity contribution in [2.75, 3.05) is 5.73 Å². The SMILES string of the molecule is Cn1nccc1CNC(=O)c1sc2cc(Cl)ccc2c1N. The molecule has 0 saturated carbocycles. The van der Waals surface area contributed by atoms with E-state index in [1.807, 2.05) is 25.2 Å². The van der Waals surface area contributed by atoms with Gasteiger partial charge in [-0.15, -0.1) is 11.3 Å². The van der Waals surface area contributed by atoms with Crippen molar-refractivity contribution in [1.29, 1.82) is 0 Å². The fourth-order valence-electron chi connectivity index (χ4n) is 2.08. The van der Waals surface area contributed by atoms with E-state index >= 15 is 0 Å². The Bertz CT molecular complexity index is 824. The molecule has 0 atom stereocenters. The number of halogens is 1. The van der Waals surface area contributed by atoms with Crippen LogP contribution in [0.5, 0.6) is 0 Å². The number of carbonyl (C=O) groups excluding carboxylic acids is 1. The van der Waals surface area contributed by atoms with E-state index in [1.165, 1.54) is 11.3 Å². The molecule has 7 heteroatoms. The number of fused-ring (bicyclic) bond motifs is 1. The molecule has 0 aliphatic heterocycles. The third-order valence-corrected chi connectivity index (χ3v) is 4.65. The molecule has 21 heavy (non-hydrogen) atoms. The number of rotatable bonds is 3. The highest BCUT2D eigenvalue weighted by molar-refractivity contribution is 7.21. The highest BCUT2D eigenvalue weighted by Crippen LogP contribution is 2.35. The van der Waals surface area contributed by atoms with E-state index in [0.29, 0.717) is 22.1 Å². The number of aromatic nitrogens is 2. The number of nitrogens with zero attached hydrogens (tertiary/aromatic N) is 2. The lowest BCUT2D eigenvalue weighted by atomic mass is 10.2. The Hall–Kier alpha value is -2.05. The van der Waals surface area contributed by atoms with E-state index in [2.05, 4.69) is 10.4 Å². The Morgan fingerprint density at radius 1 is 1.48 bits per heavy atom. The summed E-state index contributed by atoms with van der Waals surface area (Å²) in [6.45, 7) is 0.407. The van der Waals surface area contributed by atoms with Crippen LogP contribution in [0.2, 0.25) is 5.02 Å². The first-order valence-electron chi connectivity index (χ1n) is 6.29. The summed E-state index contributed by atoms with van der Waals surface area (Å²) >= 11 is 7.31. The number of hydrogen-bond acceptors (Lipinski definition) is 4. The number of thiophene rings is 1. The largest absolute Gasteiger partial charge is 0.397 e. The lowest BCUT2D eigenvalue weighted by Gasteiger charge is -2.04. The molecule has 0 bridgehead atoms. The van der Waals surface area contributed by atoms with Crippen LogP contribution in [0, 0.1) is 0 Å². The van der Waals surface area contributed by atoms with Gasteiger partial charge in [0.05, 0.1) is 17.9 Å². The zero-order valence-electron chi connectivity index (χ0n) is 11.3. The van der Waals surface area contributed by atoms with Crippen LogP contribution in [0.1, 0.15) is 15.4 Å². The van der Waals surface area contributed by atoms with Crippen molar-refractivity contribution < 1.29 is 4.79 Å². The first kappa shape index (κ1) is 13.9. The topological polar surface area (TPSA) is 72.9 Å². The summed E-state index contributed by atoms with van der Waals surface area (Å²) in [4.78, 5) is 12.8. The van der Waals surface area contributed by atoms with Gasteiger partial charge in [0, 0.05) is 28.4 Å². The monoisotopic (exact) mass is 320 g/mol. The fourth-order valence-corrected chi connectivity index (χ4v) is 3.40. The van der Waals surface area contributed by atoms with Gasteiger partial charge in [-0.1, -0.05) is 11.6 Å². The zero-order valence-corrected chi connectivity index (χ0v) is 12.8. The van der Waals surface area contributed by atoms with Crippen LogP contribution >= 0.6 is 22.9 Å². The number of nitrogens with one attached hydrogen (secondary N) is 1. The number of carbonyl (C=O) groups is 1. The van der Waals surface area contributed by atoms with Gasteiger partial charge in [-0.3, -0.25) is 9.48 Å². The molecular formula is C14H13ClN4OS. The third-order valence-electron chi connectivity index (χ3n) is 3.25. The van der Waals surface area contributed by atoms with Crippen molar-refractivity contribution in [3.05, 3.63) is 46.1 Å². The molecule has 2 aromatic heterocycles. The smallest absolute Gasteiger partial charge is 0.263 e. The van der Waals surface area contributed by atoms with E-state index < -0.39 is 0 Å². The molecule has 3 N–H and O–H groups in total. The first-order valence-corrected chi connectivity index (χ1v) is 7.48. The summed E-state index contributed by atoms with van der Waals surface area (Å²) in [5, 5.41) is 8.40. The molecule has 0 radical (unpaired) electrons. The molecule has 108 valence electrons. The van der Waals surface area contributed by atoms with Crippen molar-refractivity contribution in [1.82, 2.24) is 15.1 Å². The normalized spacial score (nSPS) is 11.0. The molecule has 1 aromatic carbocycles. The average molecular weight is 321 g/mol. The summed E-state index contributed by atoms with van der Waals surface area (Å²) in [5.74, 6) is -0.189. The molecule has 0 fully saturated rings. The van der Waals surface area contributed by atoms with Gasteiger partial charge < -0.3 is 11.1 Å². The third kappa shape index (κ3) is 2.59. The van der Waals surface area contributed by atoms with Crippen LogP contribution in [0.25, 0.3) is 10.1 Å².